The first-order valence-corrected chi connectivity index (χ1v) is 8.16. The van der Waals surface area contributed by atoms with E-state index < -0.39 is 10.0 Å². The van der Waals surface area contributed by atoms with Gasteiger partial charge in [-0.3, -0.25) is 5.43 Å². The molecule has 0 amide bonds. The lowest BCUT2D eigenvalue weighted by Gasteiger charge is -2.13. The van der Waals surface area contributed by atoms with Crippen molar-refractivity contribution < 1.29 is 17.9 Å². The number of aromatic nitrogens is 2. The lowest BCUT2D eigenvalue weighted by atomic mass is 10.3. The van der Waals surface area contributed by atoms with Crippen molar-refractivity contribution in [1.82, 2.24) is 14.8 Å². The molecule has 0 radical (unpaired) electrons. The summed E-state index contributed by atoms with van der Waals surface area (Å²) in [6.45, 7) is 3.58. The Morgan fingerprint density at radius 3 is 2.22 bits per heavy atom. The zero-order valence-electron chi connectivity index (χ0n) is 13.2. The van der Waals surface area contributed by atoms with Crippen LogP contribution >= 0.6 is 0 Å². The number of hydrazine groups is 1. The Labute approximate surface area is 134 Å². The summed E-state index contributed by atoms with van der Waals surface area (Å²) in [4.78, 5) is 10.4. The zero-order valence-corrected chi connectivity index (χ0v) is 14.1. The van der Waals surface area contributed by atoms with Crippen molar-refractivity contribution in [2.75, 3.05) is 19.6 Å². The van der Waals surface area contributed by atoms with Gasteiger partial charge < -0.3 is 9.47 Å². The fourth-order valence-corrected chi connectivity index (χ4v) is 2.97. The van der Waals surface area contributed by atoms with Crippen molar-refractivity contribution >= 4 is 16.0 Å². The van der Waals surface area contributed by atoms with E-state index in [0.717, 1.165) is 11.4 Å². The van der Waals surface area contributed by atoms with Gasteiger partial charge in [0.15, 0.2) is 0 Å². The third-order valence-corrected chi connectivity index (χ3v) is 4.21. The van der Waals surface area contributed by atoms with Gasteiger partial charge in [-0.2, -0.15) is 0 Å². The minimum atomic E-state index is -3.91. The van der Waals surface area contributed by atoms with Crippen LogP contribution < -0.4 is 19.7 Å². The summed E-state index contributed by atoms with van der Waals surface area (Å²) >= 11 is 0. The highest BCUT2D eigenvalue weighted by Crippen LogP contribution is 2.27. The Balaban J connectivity index is 2.28. The molecule has 0 bridgehead atoms. The SMILES string of the molecule is COc1ccc(OC)c(S(=O)(=O)NNc2nc(C)cc(C)n2)c1. The summed E-state index contributed by atoms with van der Waals surface area (Å²) < 4.78 is 35.1. The molecular formula is C14H18N4O4S. The number of sulfonamides is 1. The molecule has 8 nitrogen and oxygen atoms in total. The molecule has 9 heteroatoms. The summed E-state index contributed by atoms with van der Waals surface area (Å²) in [5.41, 5.74) is 3.94. The molecule has 2 N–H and O–H groups in total. The van der Waals surface area contributed by atoms with Crippen molar-refractivity contribution in [3.05, 3.63) is 35.7 Å². The average molecular weight is 338 g/mol. The van der Waals surface area contributed by atoms with Crippen LogP contribution in [0.15, 0.2) is 29.2 Å². The van der Waals surface area contributed by atoms with Gasteiger partial charge in [-0.15, -0.1) is 4.83 Å². The van der Waals surface area contributed by atoms with Gasteiger partial charge in [-0.1, -0.05) is 0 Å². The van der Waals surface area contributed by atoms with Gasteiger partial charge in [0.2, 0.25) is 5.95 Å². The predicted molar refractivity (Wildman–Crippen MR) is 85.0 cm³/mol. The molecule has 0 fully saturated rings. The van der Waals surface area contributed by atoms with Crippen LogP contribution in [0.2, 0.25) is 0 Å². The molecule has 0 atom stereocenters. The maximum absolute atomic E-state index is 12.5. The van der Waals surface area contributed by atoms with Gasteiger partial charge in [0, 0.05) is 17.5 Å². The summed E-state index contributed by atoms with van der Waals surface area (Å²) in [6, 6.07) is 6.27. The standard InChI is InChI=1S/C14H18N4O4S/c1-9-7-10(2)16-14(15-9)17-18-23(19,20)13-8-11(21-3)5-6-12(13)22-4/h5-8,18H,1-4H3,(H,15,16,17). The van der Waals surface area contributed by atoms with E-state index in [4.69, 9.17) is 9.47 Å². The molecule has 23 heavy (non-hydrogen) atoms. The first-order valence-electron chi connectivity index (χ1n) is 6.68. The molecule has 0 saturated heterocycles. The van der Waals surface area contributed by atoms with E-state index in [0.29, 0.717) is 5.75 Å². The van der Waals surface area contributed by atoms with Crippen LogP contribution in [0.25, 0.3) is 0 Å². The Morgan fingerprint density at radius 2 is 1.65 bits per heavy atom. The van der Waals surface area contributed by atoms with E-state index in [1.165, 1.54) is 26.4 Å². The van der Waals surface area contributed by atoms with E-state index in [-0.39, 0.29) is 16.6 Å². The maximum atomic E-state index is 12.5. The van der Waals surface area contributed by atoms with Gasteiger partial charge >= 0.3 is 0 Å². The molecule has 124 valence electrons. The Kier molecular flexibility index (Phi) is 5.02. The summed E-state index contributed by atoms with van der Waals surface area (Å²) in [5, 5.41) is 0. The highest BCUT2D eigenvalue weighted by Gasteiger charge is 2.20. The number of nitrogens with zero attached hydrogens (tertiary/aromatic N) is 2. The summed E-state index contributed by atoms with van der Waals surface area (Å²) in [6.07, 6.45) is 0. The number of nitrogens with one attached hydrogen (secondary N) is 2. The van der Waals surface area contributed by atoms with E-state index in [2.05, 4.69) is 20.2 Å². The van der Waals surface area contributed by atoms with Crippen LogP contribution in [-0.4, -0.2) is 32.6 Å². The quantitative estimate of drug-likeness (QED) is 0.768. The summed E-state index contributed by atoms with van der Waals surface area (Å²) in [5.74, 6) is 0.753. The minimum Gasteiger partial charge on any atom is -0.497 e. The maximum Gasteiger partial charge on any atom is 0.261 e. The first kappa shape index (κ1) is 17.0. The van der Waals surface area contributed by atoms with Crippen LogP contribution in [0.1, 0.15) is 11.4 Å². The molecule has 0 aliphatic carbocycles. The average Bonchev–Trinajstić information content (AvgIpc) is 2.51. The highest BCUT2D eigenvalue weighted by atomic mass is 32.2. The number of hydrogen-bond donors (Lipinski definition) is 2. The third kappa shape index (κ3) is 4.08. The molecule has 1 aromatic heterocycles. The molecule has 0 aliphatic rings. The second kappa shape index (κ2) is 6.80. The number of aryl methyl sites for hydroxylation is 2. The molecule has 0 unspecified atom stereocenters. The Hall–Kier alpha value is -2.39. The second-order valence-electron chi connectivity index (χ2n) is 4.72. The molecule has 0 aliphatic heterocycles. The predicted octanol–water partition coefficient (Wildman–Crippen LogP) is 1.42. The van der Waals surface area contributed by atoms with E-state index in [9.17, 15) is 8.42 Å². The molecular weight excluding hydrogens is 320 g/mol. The fraction of sp³-hybridized carbons (Fsp3) is 0.286. The topological polar surface area (TPSA) is 102 Å². The normalized spacial score (nSPS) is 11.1. The lowest BCUT2D eigenvalue weighted by molar-refractivity contribution is 0.392. The van der Waals surface area contributed by atoms with Gasteiger partial charge in [0.05, 0.1) is 14.2 Å². The molecule has 0 spiro atoms. The molecule has 2 aromatic rings. The van der Waals surface area contributed by atoms with E-state index in [1.807, 2.05) is 0 Å². The molecule has 2 rings (SSSR count). The second-order valence-corrected chi connectivity index (χ2v) is 6.37. The van der Waals surface area contributed by atoms with Gasteiger partial charge in [-0.05, 0) is 32.0 Å². The number of hydrogen-bond acceptors (Lipinski definition) is 7. The minimum absolute atomic E-state index is 0.0591. The van der Waals surface area contributed by atoms with E-state index >= 15 is 0 Å². The molecule has 1 heterocycles. The Bertz CT molecular complexity index is 788. The van der Waals surface area contributed by atoms with Crippen LogP contribution in [0, 0.1) is 13.8 Å². The summed E-state index contributed by atoms with van der Waals surface area (Å²) in [7, 11) is -1.06. The number of benzene rings is 1. The zero-order chi connectivity index (χ0) is 17.0. The van der Waals surface area contributed by atoms with Crippen molar-refractivity contribution in [3.8, 4) is 11.5 Å². The van der Waals surface area contributed by atoms with Crippen LogP contribution in [0.4, 0.5) is 5.95 Å². The van der Waals surface area contributed by atoms with Crippen molar-refractivity contribution in [3.63, 3.8) is 0 Å². The number of anilines is 1. The van der Waals surface area contributed by atoms with E-state index in [1.54, 1.807) is 26.0 Å². The number of methoxy groups -OCH3 is 2. The van der Waals surface area contributed by atoms with Crippen molar-refractivity contribution in [2.45, 2.75) is 18.7 Å². The monoisotopic (exact) mass is 338 g/mol. The molecule has 0 saturated carbocycles. The van der Waals surface area contributed by atoms with Crippen LogP contribution in [-0.2, 0) is 10.0 Å². The van der Waals surface area contributed by atoms with Crippen LogP contribution in [0.5, 0.6) is 11.5 Å². The third-order valence-electron chi connectivity index (χ3n) is 2.94. The van der Waals surface area contributed by atoms with Gasteiger partial charge in [0.25, 0.3) is 10.0 Å². The van der Waals surface area contributed by atoms with Crippen molar-refractivity contribution in [1.29, 1.82) is 0 Å². The number of ether oxygens (including phenoxy) is 2. The van der Waals surface area contributed by atoms with Gasteiger partial charge in [-0.25, -0.2) is 18.4 Å². The lowest BCUT2D eigenvalue weighted by Crippen LogP contribution is -2.31. The Morgan fingerprint density at radius 1 is 1.00 bits per heavy atom. The smallest absolute Gasteiger partial charge is 0.261 e. The fourth-order valence-electron chi connectivity index (χ4n) is 1.94. The highest BCUT2D eigenvalue weighted by molar-refractivity contribution is 7.89. The van der Waals surface area contributed by atoms with Crippen LogP contribution in [0.3, 0.4) is 0 Å². The molecule has 1 aromatic carbocycles. The largest absolute Gasteiger partial charge is 0.497 e. The van der Waals surface area contributed by atoms with Crippen molar-refractivity contribution in [2.24, 2.45) is 0 Å². The first-order chi connectivity index (χ1) is 10.9. The van der Waals surface area contributed by atoms with Gasteiger partial charge in [0.1, 0.15) is 16.4 Å². The number of rotatable bonds is 6.